The van der Waals surface area contributed by atoms with Gasteiger partial charge in [-0.3, -0.25) is 10.1 Å². The van der Waals surface area contributed by atoms with E-state index in [-0.39, 0.29) is 11.0 Å². The van der Waals surface area contributed by atoms with E-state index in [1.807, 2.05) is 6.07 Å². The maximum absolute atomic E-state index is 12.4. The molecule has 2 N–H and O–H groups in total. The standard InChI is InChI=1S/C15H8Cl2IN3OS2/c16-7-1-3-9-10(5-7)24-13(12(9)17)14(22)21-15(23)20-11-4-2-8(18)6-19-11/h1-6H,(H2,19,20,21,22,23). The van der Waals surface area contributed by atoms with E-state index >= 15 is 0 Å². The van der Waals surface area contributed by atoms with Crippen LogP contribution in [0.3, 0.4) is 0 Å². The molecule has 3 rings (SSSR count). The van der Waals surface area contributed by atoms with E-state index < -0.39 is 0 Å². The average Bonchev–Trinajstić information content (AvgIpc) is 2.86. The summed E-state index contributed by atoms with van der Waals surface area (Å²) in [4.78, 5) is 17.0. The Kier molecular flexibility index (Phi) is 5.56. The zero-order valence-electron chi connectivity index (χ0n) is 11.8. The number of hydrogen-bond donors (Lipinski definition) is 2. The molecule has 0 saturated carbocycles. The van der Waals surface area contributed by atoms with Gasteiger partial charge in [0, 0.05) is 24.9 Å². The summed E-state index contributed by atoms with van der Waals surface area (Å²) in [6.45, 7) is 0. The third-order valence-electron chi connectivity index (χ3n) is 2.99. The van der Waals surface area contributed by atoms with Gasteiger partial charge in [0.15, 0.2) is 5.11 Å². The van der Waals surface area contributed by atoms with E-state index in [2.05, 4.69) is 38.2 Å². The first-order valence-corrected chi connectivity index (χ1v) is 9.61. The lowest BCUT2D eigenvalue weighted by Crippen LogP contribution is -2.34. The van der Waals surface area contributed by atoms with Crippen molar-refractivity contribution in [2.24, 2.45) is 0 Å². The van der Waals surface area contributed by atoms with Crippen molar-refractivity contribution in [3.05, 3.63) is 55.0 Å². The van der Waals surface area contributed by atoms with E-state index in [4.69, 9.17) is 35.4 Å². The van der Waals surface area contributed by atoms with Crippen LogP contribution in [0.5, 0.6) is 0 Å². The summed E-state index contributed by atoms with van der Waals surface area (Å²) in [7, 11) is 0. The first kappa shape index (κ1) is 17.8. The molecule has 122 valence electrons. The lowest BCUT2D eigenvalue weighted by molar-refractivity contribution is 0.0982. The highest BCUT2D eigenvalue weighted by molar-refractivity contribution is 14.1. The van der Waals surface area contributed by atoms with E-state index in [0.29, 0.717) is 20.7 Å². The minimum Gasteiger partial charge on any atom is -0.317 e. The summed E-state index contributed by atoms with van der Waals surface area (Å²) < 4.78 is 1.85. The Labute approximate surface area is 170 Å². The van der Waals surface area contributed by atoms with Crippen LogP contribution >= 0.6 is 69.3 Å². The van der Waals surface area contributed by atoms with Crippen molar-refractivity contribution in [2.45, 2.75) is 0 Å². The summed E-state index contributed by atoms with van der Waals surface area (Å²) in [5.74, 6) is 0.176. The summed E-state index contributed by atoms with van der Waals surface area (Å²) in [5.41, 5.74) is 0. The first-order chi connectivity index (χ1) is 11.4. The van der Waals surface area contributed by atoms with Gasteiger partial charge in [0.05, 0.1) is 5.02 Å². The van der Waals surface area contributed by atoms with Gasteiger partial charge in [0.2, 0.25) is 0 Å². The zero-order chi connectivity index (χ0) is 17.3. The largest absolute Gasteiger partial charge is 0.317 e. The predicted octanol–water partition coefficient (Wildman–Crippen LogP) is 5.33. The highest BCUT2D eigenvalue weighted by Gasteiger charge is 2.18. The van der Waals surface area contributed by atoms with Crippen molar-refractivity contribution in [2.75, 3.05) is 5.32 Å². The molecule has 24 heavy (non-hydrogen) atoms. The molecule has 4 nitrogen and oxygen atoms in total. The summed E-state index contributed by atoms with van der Waals surface area (Å²) in [6.07, 6.45) is 1.69. The Bertz CT molecular complexity index is 944. The van der Waals surface area contributed by atoms with Crippen LogP contribution in [0.15, 0.2) is 36.5 Å². The molecule has 3 aromatic rings. The first-order valence-electron chi connectivity index (χ1n) is 6.55. The van der Waals surface area contributed by atoms with Gasteiger partial charge in [-0.05, 0) is 59.1 Å². The average molecular weight is 508 g/mol. The molecule has 0 aliphatic carbocycles. The number of halogens is 3. The third-order valence-corrected chi connectivity index (χ3v) is 5.73. The van der Waals surface area contributed by atoms with E-state index in [9.17, 15) is 4.79 Å². The number of rotatable bonds is 2. The van der Waals surface area contributed by atoms with Crippen LogP contribution in [0.4, 0.5) is 5.82 Å². The number of anilines is 1. The Hall–Kier alpha value is -1.00. The van der Waals surface area contributed by atoms with Crippen LogP contribution in [0.1, 0.15) is 9.67 Å². The molecule has 9 heteroatoms. The quantitative estimate of drug-likeness (QED) is 0.363. The zero-order valence-corrected chi connectivity index (χ0v) is 17.1. The number of pyridine rings is 1. The Morgan fingerprint density at radius 1 is 1.25 bits per heavy atom. The molecule has 0 unspecified atom stereocenters. The Balaban J connectivity index is 1.76. The van der Waals surface area contributed by atoms with E-state index in [1.165, 1.54) is 11.3 Å². The summed E-state index contributed by atoms with van der Waals surface area (Å²) in [6, 6.07) is 8.95. The van der Waals surface area contributed by atoms with Gasteiger partial charge in [-0.2, -0.15) is 0 Å². The van der Waals surface area contributed by atoms with Gasteiger partial charge in [0.25, 0.3) is 5.91 Å². The van der Waals surface area contributed by atoms with Crippen LogP contribution in [-0.2, 0) is 0 Å². The molecule has 0 aliphatic heterocycles. The lowest BCUT2D eigenvalue weighted by atomic mass is 10.2. The molecule has 0 bridgehead atoms. The summed E-state index contributed by atoms with van der Waals surface area (Å²) in [5, 5.41) is 7.39. The minimum atomic E-state index is -0.375. The molecular formula is C15H8Cl2IN3OS2. The summed E-state index contributed by atoms with van der Waals surface area (Å²) >= 11 is 20.8. The highest BCUT2D eigenvalue weighted by Crippen LogP contribution is 2.36. The van der Waals surface area contributed by atoms with Gasteiger partial charge in [0.1, 0.15) is 10.7 Å². The molecule has 2 aromatic heterocycles. The smallest absolute Gasteiger partial charge is 0.269 e. The highest BCUT2D eigenvalue weighted by atomic mass is 127. The fourth-order valence-electron chi connectivity index (χ4n) is 1.94. The number of carbonyl (C=O) groups excluding carboxylic acids is 1. The Morgan fingerprint density at radius 2 is 2.04 bits per heavy atom. The van der Waals surface area contributed by atoms with Crippen LogP contribution < -0.4 is 10.6 Å². The van der Waals surface area contributed by atoms with Gasteiger partial charge >= 0.3 is 0 Å². The monoisotopic (exact) mass is 507 g/mol. The van der Waals surface area contributed by atoms with Gasteiger partial charge in [-0.25, -0.2) is 4.98 Å². The molecule has 0 spiro atoms. The fourth-order valence-corrected chi connectivity index (χ4v) is 4.15. The molecule has 0 aliphatic rings. The number of nitrogens with one attached hydrogen (secondary N) is 2. The number of nitrogens with zero attached hydrogens (tertiary/aromatic N) is 1. The number of thiocarbonyl (C=S) groups is 1. The van der Waals surface area contributed by atoms with Gasteiger partial charge in [-0.1, -0.05) is 29.3 Å². The molecule has 1 amide bonds. The SMILES string of the molecule is O=C(NC(=S)Nc1ccc(I)cn1)c1sc2cc(Cl)ccc2c1Cl. The molecule has 2 heterocycles. The minimum absolute atomic E-state index is 0.153. The Morgan fingerprint density at radius 3 is 2.75 bits per heavy atom. The molecule has 1 aromatic carbocycles. The van der Waals surface area contributed by atoms with E-state index in [0.717, 1.165) is 13.7 Å². The predicted molar refractivity (Wildman–Crippen MR) is 112 cm³/mol. The molecule has 0 atom stereocenters. The second-order valence-electron chi connectivity index (χ2n) is 4.66. The lowest BCUT2D eigenvalue weighted by Gasteiger charge is -2.08. The second kappa shape index (κ2) is 7.49. The molecular weight excluding hydrogens is 500 g/mol. The van der Waals surface area contributed by atoms with Crippen LogP contribution in [0.25, 0.3) is 10.1 Å². The second-order valence-corrected chi connectivity index (χ2v) is 8.18. The number of amides is 1. The number of fused-ring (bicyclic) bond motifs is 1. The van der Waals surface area contributed by atoms with Crippen molar-refractivity contribution >= 4 is 96.3 Å². The fraction of sp³-hybridized carbons (Fsp3) is 0. The van der Waals surface area contributed by atoms with Gasteiger partial charge in [-0.15, -0.1) is 11.3 Å². The molecule has 0 saturated heterocycles. The number of carbonyl (C=O) groups is 1. The molecule has 0 fully saturated rings. The number of benzene rings is 1. The van der Waals surface area contributed by atoms with Crippen molar-refractivity contribution in [1.29, 1.82) is 0 Å². The van der Waals surface area contributed by atoms with Crippen molar-refractivity contribution in [1.82, 2.24) is 10.3 Å². The normalized spacial score (nSPS) is 10.6. The van der Waals surface area contributed by atoms with Crippen molar-refractivity contribution in [3.63, 3.8) is 0 Å². The number of hydrogen-bond acceptors (Lipinski definition) is 4. The van der Waals surface area contributed by atoms with Crippen molar-refractivity contribution < 1.29 is 4.79 Å². The van der Waals surface area contributed by atoms with Crippen LogP contribution in [0.2, 0.25) is 10.0 Å². The van der Waals surface area contributed by atoms with Crippen molar-refractivity contribution in [3.8, 4) is 0 Å². The van der Waals surface area contributed by atoms with E-state index in [1.54, 1.807) is 30.5 Å². The maximum atomic E-state index is 12.4. The molecule has 0 radical (unpaired) electrons. The maximum Gasteiger partial charge on any atom is 0.269 e. The van der Waals surface area contributed by atoms with Crippen LogP contribution in [0, 0.1) is 3.57 Å². The number of aromatic nitrogens is 1. The topological polar surface area (TPSA) is 54.0 Å². The third kappa shape index (κ3) is 3.97. The van der Waals surface area contributed by atoms with Crippen LogP contribution in [-0.4, -0.2) is 16.0 Å². The number of thiophene rings is 1. The van der Waals surface area contributed by atoms with Gasteiger partial charge < -0.3 is 5.32 Å².